The van der Waals surface area contributed by atoms with E-state index in [4.69, 9.17) is 4.74 Å². The van der Waals surface area contributed by atoms with E-state index in [1.165, 1.54) is 10.5 Å². The Balaban J connectivity index is 1.40. The zero-order chi connectivity index (χ0) is 23.1. The average molecular weight is 476 g/mol. The van der Waals surface area contributed by atoms with Crippen molar-refractivity contribution in [1.82, 2.24) is 14.8 Å². The topological polar surface area (TPSA) is 39.9 Å². The van der Waals surface area contributed by atoms with Crippen molar-refractivity contribution >= 4 is 23.5 Å². The van der Waals surface area contributed by atoms with Gasteiger partial charge >= 0.3 is 0 Å². The van der Waals surface area contributed by atoms with Crippen LogP contribution in [0.4, 0.5) is 0 Å². The third-order valence-electron chi connectivity index (χ3n) is 5.13. The summed E-state index contributed by atoms with van der Waals surface area (Å²) in [5, 5.41) is 9.89. The van der Waals surface area contributed by atoms with Crippen molar-refractivity contribution in [2.24, 2.45) is 0 Å². The van der Waals surface area contributed by atoms with Gasteiger partial charge in [-0.15, -0.1) is 22.0 Å². The molecule has 0 aliphatic rings. The number of hydrogen-bond acceptors (Lipinski definition) is 5. The van der Waals surface area contributed by atoms with Gasteiger partial charge in [-0.25, -0.2) is 0 Å². The molecule has 0 radical (unpaired) electrons. The Hall–Kier alpha value is -2.70. The number of ether oxygens (including phenoxy) is 1. The molecular formula is C27H29N3OS2. The van der Waals surface area contributed by atoms with Gasteiger partial charge < -0.3 is 4.74 Å². The summed E-state index contributed by atoms with van der Waals surface area (Å²) in [6, 6.07) is 29.1. The van der Waals surface area contributed by atoms with Crippen LogP contribution in [0.3, 0.4) is 0 Å². The summed E-state index contributed by atoms with van der Waals surface area (Å²) < 4.78 is 8.12. The second kappa shape index (κ2) is 10.9. The van der Waals surface area contributed by atoms with Crippen LogP contribution in [0.15, 0.2) is 95.0 Å². The summed E-state index contributed by atoms with van der Waals surface area (Å²) in [5.41, 5.74) is 2.53. The summed E-state index contributed by atoms with van der Waals surface area (Å²) in [6.07, 6.45) is 0. The van der Waals surface area contributed by atoms with Gasteiger partial charge in [0.2, 0.25) is 0 Å². The number of aromatic nitrogens is 3. The van der Waals surface area contributed by atoms with Gasteiger partial charge in [0.05, 0.1) is 12.4 Å². The first-order valence-corrected chi connectivity index (χ1v) is 13.0. The van der Waals surface area contributed by atoms with Crippen LogP contribution >= 0.6 is 23.5 Å². The Kier molecular flexibility index (Phi) is 7.78. The molecule has 0 saturated heterocycles. The number of rotatable bonds is 9. The Morgan fingerprint density at radius 1 is 0.788 bits per heavy atom. The highest BCUT2D eigenvalue weighted by Gasteiger charge is 2.15. The molecule has 1 aromatic heterocycles. The molecule has 0 bridgehead atoms. The molecule has 0 unspecified atom stereocenters. The summed E-state index contributed by atoms with van der Waals surface area (Å²) in [4.78, 5) is 1.22. The molecule has 0 fully saturated rings. The van der Waals surface area contributed by atoms with Gasteiger partial charge in [0.1, 0.15) is 11.6 Å². The molecular weight excluding hydrogens is 446 g/mol. The van der Waals surface area contributed by atoms with Gasteiger partial charge in [0.25, 0.3) is 0 Å². The molecule has 0 aliphatic heterocycles. The molecule has 170 valence electrons. The maximum Gasteiger partial charge on any atom is 0.195 e. The minimum atomic E-state index is 0.145. The lowest BCUT2D eigenvalue weighted by atomic mass is 9.87. The van der Waals surface area contributed by atoms with E-state index < -0.39 is 0 Å². The Morgan fingerprint density at radius 2 is 1.45 bits per heavy atom. The second-order valence-corrected chi connectivity index (χ2v) is 10.8. The maximum atomic E-state index is 5.97. The first-order valence-electron chi connectivity index (χ1n) is 11.0. The minimum absolute atomic E-state index is 0.145. The second-order valence-electron chi connectivity index (χ2n) is 8.64. The first-order chi connectivity index (χ1) is 16.0. The van der Waals surface area contributed by atoms with E-state index in [0.29, 0.717) is 6.61 Å². The molecule has 33 heavy (non-hydrogen) atoms. The van der Waals surface area contributed by atoms with E-state index in [1.807, 2.05) is 24.3 Å². The molecule has 0 aliphatic carbocycles. The largest absolute Gasteiger partial charge is 0.493 e. The Labute approximate surface area is 204 Å². The minimum Gasteiger partial charge on any atom is -0.493 e. The van der Waals surface area contributed by atoms with Crippen molar-refractivity contribution in [1.29, 1.82) is 0 Å². The van der Waals surface area contributed by atoms with E-state index in [-0.39, 0.29) is 5.41 Å². The highest BCUT2D eigenvalue weighted by Crippen LogP contribution is 2.28. The van der Waals surface area contributed by atoms with Gasteiger partial charge in [-0.1, -0.05) is 81.1 Å². The van der Waals surface area contributed by atoms with Crippen LogP contribution in [0.2, 0.25) is 0 Å². The van der Waals surface area contributed by atoms with Crippen LogP contribution in [-0.4, -0.2) is 27.1 Å². The van der Waals surface area contributed by atoms with Gasteiger partial charge in [-0.3, -0.25) is 4.57 Å². The fourth-order valence-electron chi connectivity index (χ4n) is 3.33. The van der Waals surface area contributed by atoms with Crippen molar-refractivity contribution < 1.29 is 4.74 Å². The van der Waals surface area contributed by atoms with E-state index >= 15 is 0 Å². The van der Waals surface area contributed by atoms with Crippen LogP contribution in [0, 0.1) is 0 Å². The number of para-hydroxylation sites is 1. The van der Waals surface area contributed by atoms with Crippen molar-refractivity contribution in [3.63, 3.8) is 0 Å². The zero-order valence-electron chi connectivity index (χ0n) is 19.3. The molecule has 6 heteroatoms. The van der Waals surface area contributed by atoms with Gasteiger partial charge in [0.15, 0.2) is 5.16 Å². The molecule has 0 spiro atoms. The monoisotopic (exact) mass is 475 g/mol. The third kappa shape index (κ3) is 6.42. The summed E-state index contributed by atoms with van der Waals surface area (Å²) in [5.74, 6) is 3.38. The smallest absolute Gasteiger partial charge is 0.195 e. The molecule has 0 atom stereocenters. The van der Waals surface area contributed by atoms with Crippen molar-refractivity contribution in [2.75, 3.05) is 12.4 Å². The fraction of sp³-hybridized carbons (Fsp3) is 0.259. The summed E-state index contributed by atoms with van der Waals surface area (Å²) in [7, 11) is 0. The zero-order valence-corrected chi connectivity index (χ0v) is 20.9. The predicted octanol–water partition coefficient (Wildman–Crippen LogP) is 7.03. The molecule has 4 rings (SSSR count). The molecule has 3 aromatic carbocycles. The summed E-state index contributed by atoms with van der Waals surface area (Å²) in [6.45, 7) is 7.26. The number of benzene rings is 3. The van der Waals surface area contributed by atoms with Crippen LogP contribution in [0.1, 0.15) is 32.2 Å². The Bertz CT molecular complexity index is 1140. The molecule has 0 N–H and O–H groups in total. The standard InChI is InChI=1S/C27H29N3OS2/c1-27(2,3)21-14-16-23(17-15-21)31-18-19-32-26-29-28-25(20-33-24-12-8-5-9-13-24)30(26)22-10-6-4-7-11-22/h4-17H,18-20H2,1-3H3. The molecule has 0 saturated carbocycles. The fourth-order valence-corrected chi connectivity index (χ4v) is 4.95. The third-order valence-corrected chi connectivity index (χ3v) is 7.03. The van der Waals surface area contributed by atoms with E-state index in [0.717, 1.165) is 33.9 Å². The summed E-state index contributed by atoms with van der Waals surface area (Å²) >= 11 is 3.43. The highest BCUT2D eigenvalue weighted by molar-refractivity contribution is 7.99. The van der Waals surface area contributed by atoms with Crippen LogP contribution in [0.5, 0.6) is 5.75 Å². The van der Waals surface area contributed by atoms with Gasteiger partial charge in [-0.2, -0.15) is 0 Å². The lowest BCUT2D eigenvalue weighted by molar-refractivity contribution is 0.343. The lowest BCUT2D eigenvalue weighted by Gasteiger charge is -2.19. The van der Waals surface area contributed by atoms with E-state index in [9.17, 15) is 0 Å². The molecule has 1 heterocycles. The quantitative estimate of drug-likeness (QED) is 0.192. The van der Waals surface area contributed by atoms with Crippen LogP contribution in [-0.2, 0) is 11.2 Å². The molecule has 0 amide bonds. The SMILES string of the molecule is CC(C)(C)c1ccc(OCCSc2nnc(CSc3ccccc3)n2-c2ccccc2)cc1. The highest BCUT2D eigenvalue weighted by atomic mass is 32.2. The van der Waals surface area contributed by atoms with E-state index in [1.54, 1.807) is 23.5 Å². The number of nitrogens with zero attached hydrogens (tertiary/aromatic N) is 3. The van der Waals surface area contributed by atoms with E-state index in [2.05, 4.69) is 96.2 Å². The molecule has 4 aromatic rings. The average Bonchev–Trinajstić information content (AvgIpc) is 3.24. The van der Waals surface area contributed by atoms with Crippen molar-refractivity contribution in [3.05, 3.63) is 96.3 Å². The van der Waals surface area contributed by atoms with Crippen LogP contribution in [0.25, 0.3) is 5.69 Å². The lowest BCUT2D eigenvalue weighted by Crippen LogP contribution is -2.10. The van der Waals surface area contributed by atoms with Crippen molar-refractivity contribution in [2.45, 2.75) is 42.0 Å². The van der Waals surface area contributed by atoms with Gasteiger partial charge in [0, 0.05) is 16.3 Å². The van der Waals surface area contributed by atoms with Gasteiger partial charge in [-0.05, 0) is 47.4 Å². The van der Waals surface area contributed by atoms with Crippen molar-refractivity contribution in [3.8, 4) is 11.4 Å². The normalized spacial score (nSPS) is 11.5. The first kappa shape index (κ1) is 23.5. The van der Waals surface area contributed by atoms with Crippen LogP contribution < -0.4 is 4.74 Å². The Morgan fingerprint density at radius 3 is 2.12 bits per heavy atom. The number of hydrogen-bond donors (Lipinski definition) is 0. The number of thioether (sulfide) groups is 2. The maximum absolute atomic E-state index is 5.97. The predicted molar refractivity (Wildman–Crippen MR) is 139 cm³/mol. The molecule has 4 nitrogen and oxygen atoms in total.